The Morgan fingerprint density at radius 2 is 0.750 bits per heavy atom. The number of fused-ring (bicyclic) bond motifs is 10. The minimum atomic E-state index is -6.33. The number of ether oxygens (including phenoxy) is 2. The first-order chi connectivity index (χ1) is 21.4. The van der Waals surface area contributed by atoms with Gasteiger partial charge in [0.25, 0.3) is 0 Å². The Kier molecular flexibility index (Phi) is 6.51. The van der Waals surface area contributed by atoms with E-state index in [4.69, 9.17) is 35.1 Å². The van der Waals surface area contributed by atoms with Crippen LogP contribution in [0.3, 0.4) is 0 Å². The molecule has 0 N–H and O–H groups in total. The average molecular weight is 723 g/mol. The summed E-state index contributed by atoms with van der Waals surface area (Å²) in [5, 5.41) is 1.87. The van der Waals surface area contributed by atoms with Gasteiger partial charge < -0.3 is 0 Å². The molecule has 0 spiro atoms. The molecule has 6 aliphatic heterocycles. The predicted octanol–water partition coefficient (Wildman–Crippen LogP) is 2.34. The quantitative estimate of drug-likeness (QED) is 0.340. The molecule has 0 aliphatic carbocycles. The third-order valence-corrected chi connectivity index (χ3v) is 22.6. The van der Waals surface area contributed by atoms with Crippen LogP contribution < -0.4 is 10.5 Å². The fourth-order valence-electron chi connectivity index (χ4n) is 7.36. The van der Waals surface area contributed by atoms with E-state index in [9.17, 15) is 13.2 Å². The van der Waals surface area contributed by atoms with Crippen LogP contribution in [0, 0.1) is 17.5 Å². The van der Waals surface area contributed by atoms with Gasteiger partial charge in [-0.05, 0) is 0 Å². The van der Waals surface area contributed by atoms with Gasteiger partial charge >= 0.3 is 253 Å². The minimum absolute atomic E-state index is 0.179. The summed E-state index contributed by atoms with van der Waals surface area (Å²) >= 11 is -6.33. The second kappa shape index (κ2) is 10.2. The molecule has 6 fully saturated rings. The Balaban J connectivity index is 1.25. The van der Waals surface area contributed by atoms with Gasteiger partial charge in [-0.3, -0.25) is 0 Å². The molecular weight excluding hydrogens is 695 g/mol. The van der Waals surface area contributed by atoms with E-state index in [-0.39, 0.29) is 24.4 Å². The van der Waals surface area contributed by atoms with Crippen molar-refractivity contribution in [2.45, 2.75) is 74.5 Å². The third-order valence-electron chi connectivity index (χ3n) is 9.45. The van der Waals surface area contributed by atoms with Crippen molar-refractivity contribution in [3.05, 3.63) is 90.2 Å². The number of benzene rings is 3. The van der Waals surface area contributed by atoms with Gasteiger partial charge in [-0.2, -0.15) is 0 Å². The Morgan fingerprint density at radius 3 is 1.02 bits per heavy atom. The molecule has 3 aromatic rings. The molecule has 6 heterocycles. The zero-order valence-electron chi connectivity index (χ0n) is 23.1. The fourth-order valence-corrected chi connectivity index (χ4v) is 19.4. The van der Waals surface area contributed by atoms with Crippen LogP contribution in [0.1, 0.15) is 25.7 Å². The summed E-state index contributed by atoms with van der Waals surface area (Å²) in [5.41, 5.74) is 0. The van der Waals surface area contributed by atoms with Crippen molar-refractivity contribution in [1.82, 2.24) is 10.8 Å². The zero-order chi connectivity index (χ0) is 29.7. The number of hydrogen-bond acceptors (Lipinski definition) is 10. The van der Waals surface area contributed by atoms with Gasteiger partial charge in [0.1, 0.15) is 0 Å². The monoisotopic (exact) mass is 722 g/mol. The van der Waals surface area contributed by atoms with Crippen LogP contribution in [0.2, 0.25) is 0 Å². The van der Waals surface area contributed by atoms with E-state index in [1.165, 1.54) is 72.8 Å². The summed E-state index contributed by atoms with van der Waals surface area (Å²) in [6.07, 6.45) is 0.785. The van der Waals surface area contributed by atoms with E-state index in [0.717, 1.165) is 36.5 Å². The van der Waals surface area contributed by atoms with Crippen molar-refractivity contribution < 1.29 is 48.2 Å². The molecule has 0 amide bonds. The summed E-state index contributed by atoms with van der Waals surface area (Å²) in [5.74, 6) is -1.51. The standard InChI is InChI=1S/3C6H4F.2C6H8NO4.Sb/c3*7-6-4-2-1-3-5-6;2*8-7-10-5-3-1-2-4(9-3)6(5)11-7;/h3*2-5H;2*3-6H,1-2H2;/q;;;2*-1;+2. The molecule has 0 aromatic heterocycles. The first kappa shape index (κ1) is 28.1. The molecule has 14 heteroatoms. The van der Waals surface area contributed by atoms with Crippen molar-refractivity contribution in [1.29, 1.82) is 0 Å². The van der Waals surface area contributed by atoms with Crippen LogP contribution in [0.5, 0.6) is 0 Å². The fraction of sp³-hybridized carbons (Fsp3) is 0.400. The average Bonchev–Trinajstić information content (AvgIpc) is 3.86. The van der Waals surface area contributed by atoms with Gasteiger partial charge in [-0.1, -0.05) is 0 Å². The van der Waals surface area contributed by atoms with Gasteiger partial charge in [0.05, 0.1) is 0 Å². The zero-order valence-corrected chi connectivity index (χ0v) is 25.7. The molecule has 6 aliphatic rings. The molecule has 6 saturated heterocycles. The van der Waals surface area contributed by atoms with Gasteiger partial charge in [-0.15, -0.1) is 0 Å². The van der Waals surface area contributed by atoms with Gasteiger partial charge in [-0.25, -0.2) is 0 Å². The summed E-state index contributed by atoms with van der Waals surface area (Å²) in [4.78, 5) is 24.8. The van der Waals surface area contributed by atoms with E-state index in [1.54, 1.807) is 0 Å². The molecule has 8 unspecified atom stereocenters. The van der Waals surface area contributed by atoms with E-state index in [2.05, 4.69) is 0 Å². The molecular formula is C30H28F3N2O8Sb. The molecule has 4 bridgehead atoms. The van der Waals surface area contributed by atoms with Crippen LogP contribution in [-0.2, 0) is 35.1 Å². The molecule has 0 saturated carbocycles. The van der Waals surface area contributed by atoms with E-state index >= 15 is 0 Å². The summed E-state index contributed by atoms with van der Waals surface area (Å²) in [6.45, 7) is 0. The molecule has 44 heavy (non-hydrogen) atoms. The number of halogens is 3. The van der Waals surface area contributed by atoms with Gasteiger partial charge in [0, 0.05) is 0 Å². The topological polar surface area (TPSA) is 80.3 Å². The maximum atomic E-state index is 14.5. The van der Waals surface area contributed by atoms with Crippen LogP contribution >= 0.6 is 0 Å². The second-order valence-corrected chi connectivity index (χ2v) is 22.7. The Hall–Kier alpha value is -2.13. The summed E-state index contributed by atoms with van der Waals surface area (Å²) in [7, 11) is 0. The maximum absolute atomic E-state index is 14.5. The Labute approximate surface area is 251 Å². The Bertz CT molecular complexity index is 1370. The summed E-state index contributed by atoms with van der Waals surface area (Å²) < 4.78 is 70.6. The third kappa shape index (κ3) is 4.06. The van der Waals surface area contributed by atoms with E-state index in [0.29, 0.717) is 10.5 Å². The Morgan fingerprint density at radius 1 is 0.477 bits per heavy atom. The second-order valence-electron chi connectivity index (χ2n) is 11.9. The van der Waals surface area contributed by atoms with Crippen LogP contribution in [0.4, 0.5) is 13.2 Å². The predicted molar refractivity (Wildman–Crippen MR) is 145 cm³/mol. The van der Waals surface area contributed by atoms with Crippen LogP contribution in [0.25, 0.3) is 0 Å². The molecule has 10 nitrogen and oxygen atoms in total. The van der Waals surface area contributed by atoms with Crippen molar-refractivity contribution in [3.8, 4) is 0 Å². The van der Waals surface area contributed by atoms with E-state index < -0.39 is 60.1 Å². The van der Waals surface area contributed by atoms with Crippen LogP contribution in [-0.4, -0.2) is 77.8 Å². The van der Waals surface area contributed by atoms with Crippen molar-refractivity contribution in [2.24, 2.45) is 0 Å². The van der Waals surface area contributed by atoms with E-state index in [1.807, 2.05) is 0 Å². The molecule has 0 radical (unpaired) electrons. The molecule has 3 aromatic carbocycles. The van der Waals surface area contributed by atoms with Crippen molar-refractivity contribution >= 4 is 28.8 Å². The molecule has 232 valence electrons. The molecule has 9 rings (SSSR count). The van der Waals surface area contributed by atoms with Gasteiger partial charge in [0.15, 0.2) is 0 Å². The number of nitrogens with zero attached hydrogens (tertiary/aromatic N) is 2. The van der Waals surface area contributed by atoms with Gasteiger partial charge in [0.2, 0.25) is 0 Å². The summed E-state index contributed by atoms with van der Waals surface area (Å²) in [6, 6.07) is 16.8. The molecule has 8 atom stereocenters. The first-order valence-electron chi connectivity index (χ1n) is 14.7. The first-order valence-corrected chi connectivity index (χ1v) is 20.6. The number of rotatable bonds is 7. The van der Waals surface area contributed by atoms with Crippen LogP contribution in [0.15, 0.2) is 72.8 Å². The number of hydrogen-bond donors (Lipinski definition) is 0. The normalized spacial score (nSPS) is 35.2. The SMILES string of the molecule is Fc1cc[c]([Sb]([O]N2OC3C4CCC(O4)C3O2)([O]N2OC3C4CCC(O4)C3O2)([c]2ccc(F)cc2)[c]2ccc(F)cc2)cc1. The van der Waals surface area contributed by atoms with Crippen molar-refractivity contribution in [3.63, 3.8) is 0 Å². The van der Waals surface area contributed by atoms with Crippen molar-refractivity contribution in [2.75, 3.05) is 0 Å².